The summed E-state index contributed by atoms with van der Waals surface area (Å²) in [4.78, 5) is 15.7. The first-order valence-corrected chi connectivity index (χ1v) is 8.23. The fraction of sp³-hybridized carbons (Fsp3) is 0.750. The number of aromatic nitrogens is 1. The van der Waals surface area contributed by atoms with Gasteiger partial charge in [0.25, 0.3) is 0 Å². The van der Waals surface area contributed by atoms with Crippen LogP contribution in [0.15, 0.2) is 4.52 Å². The van der Waals surface area contributed by atoms with Gasteiger partial charge in [0, 0.05) is 37.8 Å². The summed E-state index contributed by atoms with van der Waals surface area (Å²) in [6, 6.07) is -0.140. The quantitative estimate of drug-likeness (QED) is 0.845. The van der Waals surface area contributed by atoms with Crippen molar-refractivity contribution in [2.24, 2.45) is 5.92 Å². The Morgan fingerprint density at radius 2 is 2.00 bits per heavy atom. The minimum absolute atomic E-state index is 0.140. The van der Waals surface area contributed by atoms with E-state index in [1.165, 1.54) is 4.90 Å². The molecule has 24 heavy (non-hydrogen) atoms. The van der Waals surface area contributed by atoms with Gasteiger partial charge in [0.15, 0.2) is 0 Å². The fourth-order valence-corrected chi connectivity index (χ4v) is 3.84. The van der Waals surface area contributed by atoms with Crippen molar-refractivity contribution >= 4 is 5.91 Å². The average molecular weight is 345 g/mol. The normalized spacial score (nSPS) is 25.1. The third kappa shape index (κ3) is 3.74. The third-order valence-corrected chi connectivity index (χ3v) is 5.02. The van der Waals surface area contributed by atoms with Crippen LogP contribution in [0.2, 0.25) is 0 Å². The minimum Gasteiger partial charge on any atom is -0.361 e. The summed E-state index contributed by atoms with van der Waals surface area (Å²) in [5.41, 5.74) is 1.87. The maximum Gasteiger partial charge on any atom is 0.397 e. The van der Waals surface area contributed by atoms with Gasteiger partial charge in [-0.15, -0.1) is 0 Å². The Balaban J connectivity index is 1.70. The Bertz CT molecular complexity index is 595. The highest BCUT2D eigenvalue weighted by Crippen LogP contribution is 2.31. The maximum absolute atomic E-state index is 12.5. The van der Waals surface area contributed by atoms with E-state index in [0.29, 0.717) is 19.6 Å². The maximum atomic E-state index is 12.5. The molecule has 0 spiro atoms. The molecule has 3 aliphatic heterocycles. The molecule has 0 aromatic carbocycles. The molecule has 5 nitrogen and oxygen atoms in total. The van der Waals surface area contributed by atoms with Gasteiger partial charge in [-0.3, -0.25) is 9.69 Å². The zero-order valence-corrected chi connectivity index (χ0v) is 13.9. The molecule has 3 aliphatic rings. The number of alkyl halides is 3. The van der Waals surface area contributed by atoms with Crippen LogP contribution in [-0.2, 0) is 11.3 Å². The van der Waals surface area contributed by atoms with E-state index in [9.17, 15) is 18.0 Å². The summed E-state index contributed by atoms with van der Waals surface area (Å²) >= 11 is 0. The Morgan fingerprint density at radius 3 is 2.62 bits per heavy atom. The van der Waals surface area contributed by atoms with Crippen molar-refractivity contribution in [2.45, 2.75) is 51.9 Å². The lowest BCUT2D eigenvalue weighted by atomic mass is 9.94. The molecule has 3 saturated heterocycles. The molecule has 0 saturated carbocycles. The molecule has 0 N–H and O–H groups in total. The van der Waals surface area contributed by atoms with E-state index in [1.807, 2.05) is 13.8 Å². The molecule has 2 unspecified atom stereocenters. The number of carbonyl (C=O) groups excluding carboxylic acids is 1. The second kappa shape index (κ2) is 6.38. The number of halogens is 3. The van der Waals surface area contributed by atoms with E-state index < -0.39 is 18.5 Å². The number of hydrogen-bond donors (Lipinski definition) is 0. The lowest BCUT2D eigenvalue weighted by Gasteiger charge is -2.36. The summed E-state index contributed by atoms with van der Waals surface area (Å²) < 4.78 is 42.8. The van der Waals surface area contributed by atoms with Crippen LogP contribution in [0.5, 0.6) is 0 Å². The smallest absolute Gasteiger partial charge is 0.361 e. The molecule has 134 valence electrons. The lowest BCUT2D eigenvalue weighted by Crippen LogP contribution is -2.48. The van der Waals surface area contributed by atoms with E-state index in [2.05, 4.69) is 10.1 Å². The number of nitrogens with zero attached hydrogens (tertiary/aromatic N) is 3. The first-order chi connectivity index (χ1) is 11.2. The Hall–Kier alpha value is -1.57. The SMILES string of the molecule is Cc1noc(C)c1CN1CC2CCC(C1)N(C(=O)CC(F)(F)F)C2. The average Bonchev–Trinajstić information content (AvgIpc) is 2.68. The first kappa shape index (κ1) is 17.3. The summed E-state index contributed by atoms with van der Waals surface area (Å²) in [5, 5.41) is 3.95. The molecule has 0 aliphatic carbocycles. The molecular weight excluding hydrogens is 323 g/mol. The van der Waals surface area contributed by atoms with E-state index in [-0.39, 0.29) is 12.0 Å². The molecule has 4 heterocycles. The highest BCUT2D eigenvalue weighted by molar-refractivity contribution is 5.77. The van der Waals surface area contributed by atoms with Crippen molar-refractivity contribution in [1.82, 2.24) is 15.0 Å². The Labute approximate surface area is 138 Å². The molecule has 1 aromatic heterocycles. The Kier molecular flexibility index (Phi) is 4.59. The molecule has 1 amide bonds. The predicted octanol–water partition coefficient (Wildman–Crippen LogP) is 2.67. The van der Waals surface area contributed by atoms with Crippen molar-refractivity contribution in [2.75, 3.05) is 19.6 Å². The molecule has 2 bridgehead atoms. The van der Waals surface area contributed by atoms with Gasteiger partial charge in [-0.1, -0.05) is 5.16 Å². The molecule has 0 radical (unpaired) electrons. The van der Waals surface area contributed by atoms with Gasteiger partial charge in [-0.25, -0.2) is 0 Å². The van der Waals surface area contributed by atoms with Crippen LogP contribution in [0, 0.1) is 19.8 Å². The van der Waals surface area contributed by atoms with Crippen molar-refractivity contribution in [3.63, 3.8) is 0 Å². The van der Waals surface area contributed by atoms with Crippen LogP contribution in [0.25, 0.3) is 0 Å². The number of carbonyl (C=O) groups is 1. The second-order valence-corrected chi connectivity index (χ2v) is 6.93. The summed E-state index contributed by atoms with van der Waals surface area (Å²) in [5.74, 6) is 0.201. The summed E-state index contributed by atoms with van der Waals surface area (Å²) in [6.45, 7) is 6.23. The van der Waals surface area contributed by atoms with E-state index in [1.54, 1.807) is 0 Å². The molecule has 3 fully saturated rings. The fourth-order valence-electron chi connectivity index (χ4n) is 3.84. The van der Waals surface area contributed by atoms with Crippen molar-refractivity contribution < 1.29 is 22.5 Å². The molecular formula is C16H22F3N3O2. The number of amides is 1. The van der Waals surface area contributed by atoms with Crippen molar-refractivity contribution in [3.05, 3.63) is 17.0 Å². The zero-order valence-electron chi connectivity index (χ0n) is 13.9. The van der Waals surface area contributed by atoms with Gasteiger partial charge in [0.1, 0.15) is 12.2 Å². The summed E-state index contributed by atoms with van der Waals surface area (Å²) in [6.07, 6.45) is -4.08. The number of rotatable bonds is 3. The second-order valence-electron chi connectivity index (χ2n) is 6.93. The molecule has 2 atom stereocenters. The first-order valence-electron chi connectivity index (χ1n) is 8.23. The lowest BCUT2D eigenvalue weighted by molar-refractivity contribution is -0.164. The molecule has 1 aromatic rings. The minimum atomic E-state index is -4.45. The van der Waals surface area contributed by atoms with Crippen LogP contribution >= 0.6 is 0 Å². The van der Waals surface area contributed by atoms with Crippen LogP contribution in [0.1, 0.15) is 36.3 Å². The van der Waals surface area contributed by atoms with Gasteiger partial charge < -0.3 is 9.42 Å². The van der Waals surface area contributed by atoms with E-state index in [0.717, 1.165) is 36.4 Å². The van der Waals surface area contributed by atoms with Crippen LogP contribution in [0.4, 0.5) is 13.2 Å². The summed E-state index contributed by atoms with van der Waals surface area (Å²) in [7, 11) is 0. The zero-order chi connectivity index (χ0) is 17.5. The highest BCUT2D eigenvalue weighted by Gasteiger charge is 2.41. The number of fused-ring (bicyclic) bond motifs is 4. The van der Waals surface area contributed by atoms with Crippen LogP contribution in [0.3, 0.4) is 0 Å². The van der Waals surface area contributed by atoms with Gasteiger partial charge in [0.05, 0.1) is 5.69 Å². The van der Waals surface area contributed by atoms with Gasteiger partial charge in [-0.2, -0.15) is 13.2 Å². The predicted molar refractivity (Wildman–Crippen MR) is 80.2 cm³/mol. The molecule has 4 rings (SSSR count). The number of hydrogen-bond acceptors (Lipinski definition) is 4. The Morgan fingerprint density at radius 1 is 1.25 bits per heavy atom. The van der Waals surface area contributed by atoms with Crippen LogP contribution < -0.4 is 0 Å². The van der Waals surface area contributed by atoms with Crippen LogP contribution in [-0.4, -0.2) is 52.7 Å². The van der Waals surface area contributed by atoms with E-state index >= 15 is 0 Å². The monoisotopic (exact) mass is 345 g/mol. The van der Waals surface area contributed by atoms with Crippen molar-refractivity contribution in [3.8, 4) is 0 Å². The third-order valence-electron chi connectivity index (χ3n) is 5.02. The molecule has 8 heteroatoms. The number of piperidine rings is 1. The highest BCUT2D eigenvalue weighted by atomic mass is 19.4. The van der Waals surface area contributed by atoms with Gasteiger partial charge >= 0.3 is 6.18 Å². The van der Waals surface area contributed by atoms with E-state index in [4.69, 9.17) is 4.52 Å². The van der Waals surface area contributed by atoms with Gasteiger partial charge in [0.2, 0.25) is 5.91 Å². The standard InChI is InChI=1S/C16H22F3N3O2/c1-10-14(11(2)24-20-10)9-21-6-12-3-4-13(8-21)22(7-12)15(23)5-16(17,18)19/h12-13H,3-9H2,1-2H3. The topological polar surface area (TPSA) is 49.6 Å². The van der Waals surface area contributed by atoms with Gasteiger partial charge in [-0.05, 0) is 32.6 Å². The van der Waals surface area contributed by atoms with Crippen molar-refractivity contribution in [1.29, 1.82) is 0 Å². The number of aryl methyl sites for hydroxylation is 2. The largest absolute Gasteiger partial charge is 0.397 e.